The van der Waals surface area contributed by atoms with Crippen molar-refractivity contribution >= 4 is 13.6 Å². The molecule has 12 heavy (non-hydrogen) atoms. The Kier molecular flexibility index (Phi) is 4.59. The topological polar surface area (TPSA) is 95.9 Å². The highest BCUT2D eigenvalue weighted by molar-refractivity contribution is 7.46. The van der Waals surface area contributed by atoms with E-state index in [1.165, 1.54) is 14.0 Å². The lowest BCUT2D eigenvalue weighted by Gasteiger charge is -2.12. The van der Waals surface area contributed by atoms with Crippen molar-refractivity contribution in [2.45, 2.75) is 13.0 Å². The van der Waals surface area contributed by atoms with Crippen LogP contribution >= 0.6 is 7.82 Å². The normalized spacial score (nSPS) is 14.3. The zero-order valence-corrected chi connectivity index (χ0v) is 7.75. The fraction of sp³-hybridized carbons (Fsp3) is 0.800. The van der Waals surface area contributed by atoms with Gasteiger partial charge in [-0.05, 0) is 14.0 Å². The van der Waals surface area contributed by atoms with E-state index in [1.807, 2.05) is 0 Å². The largest absolute Gasteiger partial charge is 0.469 e. The van der Waals surface area contributed by atoms with Gasteiger partial charge >= 0.3 is 7.82 Å². The number of phosphoric acid groups is 1. The minimum absolute atomic E-state index is 0.231. The first-order valence-corrected chi connectivity index (χ1v) is 4.77. The molecule has 1 atom stereocenters. The predicted octanol–water partition coefficient (Wildman–Crippen LogP) is -0.727. The summed E-state index contributed by atoms with van der Waals surface area (Å²) in [6.07, 6.45) is 0. The molecule has 0 unspecified atom stereocenters. The van der Waals surface area contributed by atoms with E-state index in [4.69, 9.17) is 9.79 Å². The molecule has 7 heteroatoms. The Balaban J connectivity index is 3.90. The Bertz CT molecular complexity index is 200. The van der Waals surface area contributed by atoms with Gasteiger partial charge in [0.2, 0.25) is 0 Å². The van der Waals surface area contributed by atoms with Crippen LogP contribution < -0.4 is 5.32 Å². The van der Waals surface area contributed by atoms with E-state index < -0.39 is 13.9 Å². The number of nitrogens with one attached hydrogen (secondary N) is 1. The summed E-state index contributed by atoms with van der Waals surface area (Å²) < 4.78 is 14.3. The molecule has 0 rings (SSSR count). The van der Waals surface area contributed by atoms with Crippen molar-refractivity contribution in [3.05, 3.63) is 0 Å². The maximum absolute atomic E-state index is 10.7. The number of hydrogen-bond acceptors (Lipinski definition) is 4. The zero-order valence-electron chi connectivity index (χ0n) is 6.85. The summed E-state index contributed by atoms with van der Waals surface area (Å²) in [6, 6.07) is -0.669. The lowest BCUT2D eigenvalue weighted by atomic mass is 10.2. The number of Topliss-reactive ketones (excluding diaryl/α,β-unsaturated/α-hetero) is 1. The van der Waals surface area contributed by atoms with E-state index in [0.29, 0.717) is 0 Å². The minimum Gasteiger partial charge on any atom is -0.309 e. The predicted molar refractivity (Wildman–Crippen MR) is 41.5 cm³/mol. The molecule has 0 spiro atoms. The van der Waals surface area contributed by atoms with Crippen molar-refractivity contribution < 1.29 is 23.7 Å². The van der Waals surface area contributed by atoms with Gasteiger partial charge in [0.25, 0.3) is 0 Å². The quantitative estimate of drug-likeness (QED) is 0.503. The molecule has 0 fully saturated rings. The molecule has 72 valence electrons. The first-order chi connectivity index (χ1) is 5.37. The summed E-state index contributed by atoms with van der Waals surface area (Å²) in [4.78, 5) is 27.3. The number of hydrogen-bond donors (Lipinski definition) is 3. The molecule has 0 aliphatic heterocycles. The van der Waals surface area contributed by atoms with Gasteiger partial charge in [-0.3, -0.25) is 9.32 Å². The number of ketones is 1. The highest BCUT2D eigenvalue weighted by Crippen LogP contribution is 2.35. The second-order valence-electron chi connectivity index (χ2n) is 2.24. The van der Waals surface area contributed by atoms with Gasteiger partial charge in [-0.15, -0.1) is 0 Å². The average molecular weight is 197 g/mol. The fourth-order valence-electron chi connectivity index (χ4n) is 0.576. The van der Waals surface area contributed by atoms with Crippen LogP contribution in [0.5, 0.6) is 0 Å². The molecule has 3 N–H and O–H groups in total. The van der Waals surface area contributed by atoms with Crippen molar-refractivity contribution in [2.75, 3.05) is 13.7 Å². The van der Waals surface area contributed by atoms with Crippen LogP contribution in [0.1, 0.15) is 6.92 Å². The lowest BCUT2D eigenvalue weighted by Crippen LogP contribution is -2.36. The Labute approximate surface area is 70.2 Å². The van der Waals surface area contributed by atoms with Crippen LogP contribution in [-0.2, 0) is 13.9 Å². The molecule has 0 aromatic heterocycles. The fourth-order valence-corrected chi connectivity index (χ4v) is 0.919. The summed E-state index contributed by atoms with van der Waals surface area (Å²) in [7, 11) is -2.96. The van der Waals surface area contributed by atoms with Crippen LogP contribution in [0.25, 0.3) is 0 Å². The molecular weight excluding hydrogens is 185 g/mol. The molecule has 0 saturated carbocycles. The van der Waals surface area contributed by atoms with Crippen LogP contribution in [0.4, 0.5) is 0 Å². The van der Waals surface area contributed by atoms with Crippen LogP contribution in [0.3, 0.4) is 0 Å². The van der Waals surface area contributed by atoms with Crippen molar-refractivity contribution in [1.29, 1.82) is 0 Å². The SMILES string of the molecule is CN[C@@H](COP(=O)(O)O)C(C)=O. The Hall–Kier alpha value is -0.260. The number of rotatable bonds is 5. The third-order valence-electron chi connectivity index (χ3n) is 1.25. The molecule has 0 bridgehead atoms. The second-order valence-corrected chi connectivity index (χ2v) is 3.48. The van der Waals surface area contributed by atoms with Gasteiger partial charge < -0.3 is 15.1 Å². The van der Waals surface area contributed by atoms with Gasteiger partial charge in [0.15, 0.2) is 0 Å². The molecule has 0 amide bonds. The monoisotopic (exact) mass is 197 g/mol. The first kappa shape index (κ1) is 11.7. The van der Waals surface area contributed by atoms with Crippen molar-refractivity contribution in [2.24, 2.45) is 0 Å². The molecule has 0 heterocycles. The molecule has 0 aliphatic rings. The molecule has 0 saturated heterocycles. The number of phosphoric ester groups is 1. The van der Waals surface area contributed by atoms with E-state index in [1.54, 1.807) is 0 Å². The Morgan fingerprint density at radius 3 is 2.42 bits per heavy atom. The van der Waals surface area contributed by atoms with Crippen LogP contribution in [0, 0.1) is 0 Å². The lowest BCUT2D eigenvalue weighted by molar-refractivity contribution is -0.119. The van der Waals surface area contributed by atoms with E-state index in [2.05, 4.69) is 9.84 Å². The van der Waals surface area contributed by atoms with E-state index in [9.17, 15) is 9.36 Å². The van der Waals surface area contributed by atoms with Gasteiger partial charge in [0.1, 0.15) is 5.78 Å². The van der Waals surface area contributed by atoms with Crippen molar-refractivity contribution in [3.8, 4) is 0 Å². The number of carbonyl (C=O) groups is 1. The van der Waals surface area contributed by atoms with Gasteiger partial charge in [0.05, 0.1) is 12.6 Å². The maximum atomic E-state index is 10.7. The van der Waals surface area contributed by atoms with E-state index in [-0.39, 0.29) is 12.4 Å². The molecule has 0 aromatic rings. The molecule has 6 nitrogen and oxygen atoms in total. The van der Waals surface area contributed by atoms with Crippen LogP contribution in [-0.4, -0.2) is 35.3 Å². The van der Waals surface area contributed by atoms with E-state index >= 15 is 0 Å². The Morgan fingerprint density at radius 1 is 1.67 bits per heavy atom. The molecule has 0 radical (unpaired) electrons. The third kappa shape index (κ3) is 5.40. The summed E-state index contributed by atoms with van der Waals surface area (Å²) in [5.41, 5.74) is 0. The highest BCUT2D eigenvalue weighted by Gasteiger charge is 2.19. The zero-order chi connectivity index (χ0) is 9.78. The third-order valence-corrected chi connectivity index (χ3v) is 1.73. The summed E-state index contributed by atoms with van der Waals surface area (Å²) in [5, 5.41) is 2.56. The first-order valence-electron chi connectivity index (χ1n) is 3.24. The number of likely N-dealkylation sites (N-methyl/N-ethyl adjacent to an activating group) is 1. The van der Waals surface area contributed by atoms with Gasteiger partial charge in [-0.1, -0.05) is 0 Å². The standard InChI is InChI=1S/C5H12NO5P/c1-4(7)5(6-2)3-11-12(8,9)10/h5-6H,3H2,1-2H3,(H2,8,9,10)/t5-/m0/s1. The smallest absolute Gasteiger partial charge is 0.309 e. The Morgan fingerprint density at radius 2 is 2.17 bits per heavy atom. The summed E-state index contributed by atoms with van der Waals surface area (Å²) >= 11 is 0. The minimum atomic E-state index is -4.46. The summed E-state index contributed by atoms with van der Waals surface area (Å²) in [5.74, 6) is -0.231. The van der Waals surface area contributed by atoms with Crippen molar-refractivity contribution in [1.82, 2.24) is 5.32 Å². The van der Waals surface area contributed by atoms with Crippen LogP contribution in [0.2, 0.25) is 0 Å². The number of carbonyl (C=O) groups excluding carboxylic acids is 1. The highest BCUT2D eigenvalue weighted by atomic mass is 31.2. The molecule has 0 aromatic carbocycles. The average Bonchev–Trinajstić information content (AvgIpc) is 1.85. The summed E-state index contributed by atoms with van der Waals surface area (Å²) in [6.45, 7) is 0.986. The van der Waals surface area contributed by atoms with Crippen molar-refractivity contribution in [3.63, 3.8) is 0 Å². The van der Waals surface area contributed by atoms with Crippen LogP contribution in [0.15, 0.2) is 0 Å². The molecule has 0 aliphatic carbocycles. The molecular formula is C5H12NO5P. The second kappa shape index (κ2) is 4.69. The van der Waals surface area contributed by atoms with Gasteiger partial charge in [0, 0.05) is 0 Å². The maximum Gasteiger partial charge on any atom is 0.469 e. The van der Waals surface area contributed by atoms with Gasteiger partial charge in [-0.2, -0.15) is 0 Å². The van der Waals surface area contributed by atoms with E-state index in [0.717, 1.165) is 0 Å². The van der Waals surface area contributed by atoms with Gasteiger partial charge in [-0.25, -0.2) is 4.57 Å².